The van der Waals surface area contributed by atoms with Gasteiger partial charge >= 0.3 is 12.1 Å². The van der Waals surface area contributed by atoms with Gasteiger partial charge < -0.3 is 24.3 Å². The second-order valence-corrected chi connectivity index (χ2v) is 12.1. The van der Waals surface area contributed by atoms with Crippen molar-refractivity contribution in [3.63, 3.8) is 0 Å². The highest BCUT2D eigenvalue weighted by Gasteiger charge is 2.57. The second-order valence-electron chi connectivity index (χ2n) is 12.1. The molecule has 3 aromatic rings. The molecular weight excluding hydrogens is 575 g/mol. The Morgan fingerprint density at radius 3 is 2.41 bits per heavy atom. The highest BCUT2D eigenvalue weighted by Crippen LogP contribution is 2.44. The normalized spacial score (nSPS) is 18.5. The Labute approximate surface area is 254 Å². The molecule has 2 N–H and O–H groups in total. The van der Waals surface area contributed by atoms with Crippen LogP contribution in [-0.2, 0) is 23.4 Å². The summed E-state index contributed by atoms with van der Waals surface area (Å²) in [6.07, 6.45) is 2.29. The Hall–Kier alpha value is -3.75. The van der Waals surface area contributed by atoms with Crippen LogP contribution in [0.3, 0.4) is 0 Å². The molecule has 1 aromatic heterocycles. The number of nitriles is 1. The smallest absolute Gasteiger partial charge is 0.422 e. The van der Waals surface area contributed by atoms with Crippen LogP contribution < -0.4 is 9.47 Å². The first kappa shape index (κ1) is 31.7. The fraction of sp³-hybridized carbons (Fsp3) is 0.515. The van der Waals surface area contributed by atoms with Crippen LogP contribution in [0, 0.1) is 17.2 Å². The SMILES string of the molecule is COc1cc(CC(=O)O)ccc1OC1CCN(CC(O)(c2cn(CC3CCCCC3)c3cc(C#N)ccc23)C(F)(F)F)CC1. The summed E-state index contributed by atoms with van der Waals surface area (Å²) in [6.45, 7) is 0.477. The van der Waals surface area contributed by atoms with Gasteiger partial charge in [-0.25, -0.2) is 0 Å². The number of ether oxygens (including phenoxy) is 2. The minimum Gasteiger partial charge on any atom is -0.493 e. The maximum Gasteiger partial charge on any atom is 0.422 e. The van der Waals surface area contributed by atoms with E-state index in [9.17, 15) is 28.3 Å². The number of piperidine rings is 1. The fourth-order valence-electron chi connectivity index (χ4n) is 6.60. The molecule has 11 heteroatoms. The third-order valence-corrected chi connectivity index (χ3v) is 8.97. The predicted octanol–water partition coefficient (Wildman–Crippen LogP) is 6.02. The van der Waals surface area contributed by atoms with E-state index in [0.29, 0.717) is 58.8 Å². The average molecular weight is 614 g/mol. The van der Waals surface area contributed by atoms with Gasteiger partial charge in [-0.3, -0.25) is 9.69 Å². The number of aliphatic carboxylic acids is 1. The molecule has 1 saturated heterocycles. The van der Waals surface area contributed by atoms with Crippen molar-refractivity contribution in [3.8, 4) is 17.6 Å². The molecular formula is C33H38F3N3O5. The van der Waals surface area contributed by atoms with Crippen LogP contribution in [0.1, 0.15) is 61.6 Å². The summed E-state index contributed by atoms with van der Waals surface area (Å²) in [6, 6.07) is 11.6. The summed E-state index contributed by atoms with van der Waals surface area (Å²) in [5.74, 6) is 0.201. The maximum absolute atomic E-state index is 14.8. The Kier molecular flexibility index (Phi) is 9.42. The van der Waals surface area contributed by atoms with Crippen molar-refractivity contribution < 1.29 is 37.7 Å². The molecule has 5 rings (SSSR count). The molecule has 0 amide bonds. The number of halogens is 3. The first-order valence-corrected chi connectivity index (χ1v) is 15.1. The van der Waals surface area contributed by atoms with E-state index in [1.807, 2.05) is 0 Å². The number of nitrogens with zero attached hydrogens (tertiary/aromatic N) is 3. The van der Waals surface area contributed by atoms with Crippen LogP contribution in [0.15, 0.2) is 42.6 Å². The number of aliphatic hydroxyl groups is 1. The Morgan fingerprint density at radius 2 is 1.77 bits per heavy atom. The van der Waals surface area contributed by atoms with Crippen molar-refractivity contribution in [1.82, 2.24) is 9.47 Å². The number of likely N-dealkylation sites (tertiary alicyclic amines) is 1. The van der Waals surface area contributed by atoms with E-state index in [1.54, 1.807) is 33.7 Å². The lowest BCUT2D eigenvalue weighted by atomic mass is 9.89. The van der Waals surface area contributed by atoms with E-state index in [-0.39, 0.29) is 31.2 Å². The zero-order chi connectivity index (χ0) is 31.5. The van der Waals surface area contributed by atoms with Crippen molar-refractivity contribution in [2.75, 3.05) is 26.7 Å². The van der Waals surface area contributed by atoms with Gasteiger partial charge in [-0.1, -0.05) is 31.4 Å². The molecule has 0 radical (unpaired) electrons. The molecule has 1 atom stereocenters. The van der Waals surface area contributed by atoms with E-state index in [4.69, 9.17) is 14.6 Å². The molecule has 0 spiro atoms. The summed E-state index contributed by atoms with van der Waals surface area (Å²) in [5, 5.41) is 30.4. The number of alkyl halides is 3. The van der Waals surface area contributed by atoms with Crippen LogP contribution >= 0.6 is 0 Å². The predicted molar refractivity (Wildman–Crippen MR) is 158 cm³/mol. The topological polar surface area (TPSA) is 108 Å². The molecule has 2 heterocycles. The van der Waals surface area contributed by atoms with Gasteiger partial charge in [0.05, 0.1) is 25.2 Å². The van der Waals surface area contributed by atoms with Gasteiger partial charge in [-0.15, -0.1) is 0 Å². The number of carboxylic acids is 1. The van der Waals surface area contributed by atoms with Crippen LogP contribution in [0.4, 0.5) is 13.2 Å². The average Bonchev–Trinajstić information content (AvgIpc) is 3.36. The van der Waals surface area contributed by atoms with Gasteiger partial charge in [0, 0.05) is 48.8 Å². The van der Waals surface area contributed by atoms with E-state index in [2.05, 4.69) is 6.07 Å². The first-order chi connectivity index (χ1) is 21.0. The molecule has 1 aliphatic heterocycles. The van der Waals surface area contributed by atoms with Crippen LogP contribution in [0.5, 0.6) is 11.5 Å². The highest BCUT2D eigenvalue weighted by molar-refractivity contribution is 5.86. The Morgan fingerprint density at radius 1 is 1.05 bits per heavy atom. The van der Waals surface area contributed by atoms with E-state index in [0.717, 1.165) is 32.1 Å². The highest BCUT2D eigenvalue weighted by atomic mass is 19.4. The van der Waals surface area contributed by atoms with E-state index < -0.39 is 24.3 Å². The Bertz CT molecular complexity index is 1520. The number of hydrogen-bond acceptors (Lipinski definition) is 6. The molecule has 1 aliphatic carbocycles. The number of methoxy groups -OCH3 is 1. The number of aromatic nitrogens is 1. The summed E-state index contributed by atoms with van der Waals surface area (Å²) in [4.78, 5) is 12.7. The van der Waals surface area contributed by atoms with Crippen molar-refractivity contribution in [2.45, 2.75) is 75.8 Å². The van der Waals surface area contributed by atoms with Gasteiger partial charge in [0.15, 0.2) is 11.5 Å². The number of fused-ring (bicyclic) bond motifs is 1. The summed E-state index contributed by atoms with van der Waals surface area (Å²) >= 11 is 0. The molecule has 0 bridgehead atoms. The number of hydrogen-bond donors (Lipinski definition) is 2. The van der Waals surface area contributed by atoms with Gasteiger partial charge in [-0.2, -0.15) is 18.4 Å². The molecule has 2 aromatic carbocycles. The molecule has 2 fully saturated rings. The summed E-state index contributed by atoms with van der Waals surface area (Å²) < 4.78 is 57.8. The van der Waals surface area contributed by atoms with Crippen LogP contribution in [-0.4, -0.2) is 64.7 Å². The quantitative estimate of drug-likeness (QED) is 0.288. The second kappa shape index (κ2) is 13.1. The number of carbonyl (C=O) groups is 1. The fourth-order valence-corrected chi connectivity index (χ4v) is 6.60. The van der Waals surface area contributed by atoms with Crippen LogP contribution in [0.25, 0.3) is 10.9 Å². The van der Waals surface area contributed by atoms with Crippen molar-refractivity contribution in [1.29, 1.82) is 5.26 Å². The molecule has 2 aliphatic rings. The molecule has 236 valence electrons. The molecule has 1 saturated carbocycles. The Balaban J connectivity index is 1.34. The lowest BCUT2D eigenvalue weighted by Crippen LogP contribution is -2.53. The molecule has 1 unspecified atom stereocenters. The van der Waals surface area contributed by atoms with Crippen molar-refractivity contribution in [3.05, 3.63) is 59.3 Å². The summed E-state index contributed by atoms with van der Waals surface area (Å²) in [7, 11) is 1.46. The van der Waals surface area contributed by atoms with Crippen molar-refractivity contribution >= 4 is 16.9 Å². The van der Waals surface area contributed by atoms with Crippen molar-refractivity contribution in [2.24, 2.45) is 5.92 Å². The number of benzene rings is 2. The molecule has 8 nitrogen and oxygen atoms in total. The van der Waals surface area contributed by atoms with E-state index >= 15 is 0 Å². The third-order valence-electron chi connectivity index (χ3n) is 8.97. The molecule has 44 heavy (non-hydrogen) atoms. The number of rotatable bonds is 10. The zero-order valence-corrected chi connectivity index (χ0v) is 24.8. The first-order valence-electron chi connectivity index (χ1n) is 15.1. The summed E-state index contributed by atoms with van der Waals surface area (Å²) in [5.41, 5.74) is -1.86. The van der Waals surface area contributed by atoms with Gasteiger partial charge in [0.25, 0.3) is 0 Å². The monoisotopic (exact) mass is 613 g/mol. The van der Waals surface area contributed by atoms with E-state index in [1.165, 1.54) is 25.4 Å². The lowest BCUT2D eigenvalue weighted by molar-refractivity contribution is -0.272. The van der Waals surface area contributed by atoms with Gasteiger partial charge in [0.1, 0.15) is 6.10 Å². The maximum atomic E-state index is 14.8. The minimum absolute atomic E-state index is 0.157. The standard InChI is InChI=1S/C33H38F3N3O5/c1-43-30-16-23(17-31(40)41)8-10-29(30)44-25-11-13-38(14-12-25)21-32(42,33(34,35)36)27-20-39(19-22-5-3-2-4-6-22)28-15-24(18-37)7-9-26(27)28/h7-10,15-16,20,22,25,42H,2-6,11-14,17,19,21H2,1H3,(H,40,41). The van der Waals surface area contributed by atoms with Gasteiger partial charge in [0.2, 0.25) is 5.60 Å². The largest absolute Gasteiger partial charge is 0.493 e. The zero-order valence-electron chi connectivity index (χ0n) is 24.8. The number of carboxylic acid groups (broad SMARTS) is 1. The third kappa shape index (κ3) is 6.81. The van der Waals surface area contributed by atoms with Crippen LogP contribution in [0.2, 0.25) is 0 Å². The van der Waals surface area contributed by atoms with Gasteiger partial charge in [-0.05, 0) is 61.4 Å². The number of β-amino-alcohol motifs (C(OH)–C–C–N with tert-alkyl or cyclic N) is 1. The lowest BCUT2D eigenvalue weighted by Gasteiger charge is -2.39. The minimum atomic E-state index is -4.94.